The van der Waals surface area contributed by atoms with Crippen LogP contribution in [0.15, 0.2) is 101 Å². The van der Waals surface area contributed by atoms with Crippen molar-refractivity contribution in [3.63, 3.8) is 0 Å². The Balaban J connectivity index is 1.23. The van der Waals surface area contributed by atoms with Gasteiger partial charge in [-0.05, 0) is 67.3 Å². The van der Waals surface area contributed by atoms with Gasteiger partial charge in [-0.3, -0.25) is 14.2 Å². The van der Waals surface area contributed by atoms with Crippen LogP contribution >= 0.6 is 23.1 Å². The number of hydrazone groups is 1. The highest BCUT2D eigenvalue weighted by Gasteiger charge is 2.33. The number of hydrogen-bond donors (Lipinski definition) is 1. The molecule has 5 aromatic rings. The maximum atomic E-state index is 13.8. The van der Waals surface area contributed by atoms with Gasteiger partial charge in [-0.1, -0.05) is 65.4 Å². The third-order valence-corrected chi connectivity index (χ3v) is 9.06. The Morgan fingerprint density at radius 1 is 0.977 bits per heavy atom. The first-order valence-electron chi connectivity index (χ1n) is 14.0. The number of carbonyl (C=O) groups is 2. The first-order valence-corrected chi connectivity index (χ1v) is 15.9. The molecule has 8 nitrogen and oxygen atoms in total. The van der Waals surface area contributed by atoms with Gasteiger partial charge in [0, 0.05) is 17.7 Å². The van der Waals surface area contributed by atoms with Crippen molar-refractivity contribution < 1.29 is 14.0 Å². The number of thiophene rings is 1. The highest BCUT2D eigenvalue weighted by atomic mass is 32.2. The molecular weight excluding hydrogens is 596 g/mol. The lowest BCUT2D eigenvalue weighted by molar-refractivity contribution is -0.130. The summed E-state index contributed by atoms with van der Waals surface area (Å²) in [6.07, 6.45) is 0.622. The van der Waals surface area contributed by atoms with Crippen LogP contribution in [-0.4, -0.2) is 43.1 Å². The fourth-order valence-corrected chi connectivity index (χ4v) is 6.52. The molecule has 0 saturated heterocycles. The highest BCUT2D eigenvalue weighted by Crippen LogP contribution is 2.35. The Morgan fingerprint density at radius 2 is 1.77 bits per heavy atom. The van der Waals surface area contributed by atoms with Gasteiger partial charge in [0.25, 0.3) is 11.8 Å². The zero-order valence-corrected chi connectivity index (χ0v) is 25.7. The predicted molar refractivity (Wildman–Crippen MR) is 171 cm³/mol. The van der Waals surface area contributed by atoms with E-state index in [0.29, 0.717) is 28.7 Å². The molecule has 3 aromatic carbocycles. The smallest absolute Gasteiger partial charge is 0.253 e. The van der Waals surface area contributed by atoms with Crippen LogP contribution in [0.3, 0.4) is 0 Å². The summed E-state index contributed by atoms with van der Waals surface area (Å²) in [7, 11) is 0. The average Bonchev–Trinajstić information content (AvgIpc) is 3.80. The number of aromatic nitrogens is 3. The largest absolute Gasteiger partial charge is 0.345 e. The molecule has 2 amide bonds. The van der Waals surface area contributed by atoms with E-state index in [2.05, 4.69) is 15.5 Å². The lowest BCUT2D eigenvalue weighted by atomic mass is 10.00. The van der Waals surface area contributed by atoms with Crippen LogP contribution in [0.2, 0.25) is 0 Å². The molecule has 3 heterocycles. The lowest BCUT2D eigenvalue weighted by Crippen LogP contribution is -2.28. The number of thioether (sulfide) groups is 1. The van der Waals surface area contributed by atoms with Crippen molar-refractivity contribution in [1.82, 2.24) is 25.1 Å². The van der Waals surface area contributed by atoms with Crippen molar-refractivity contribution in [3.8, 4) is 5.69 Å². The van der Waals surface area contributed by atoms with Gasteiger partial charge < -0.3 is 5.32 Å². The van der Waals surface area contributed by atoms with E-state index in [1.807, 2.05) is 73.8 Å². The molecule has 0 aliphatic carbocycles. The van der Waals surface area contributed by atoms with Gasteiger partial charge in [-0.25, -0.2) is 9.40 Å². The summed E-state index contributed by atoms with van der Waals surface area (Å²) in [5.74, 6) is -0.295. The van der Waals surface area contributed by atoms with Crippen molar-refractivity contribution in [2.75, 3.05) is 5.75 Å². The monoisotopic (exact) mass is 624 g/mol. The molecule has 1 N–H and O–H groups in total. The second kappa shape index (κ2) is 12.9. The Labute approximate surface area is 262 Å². The second-order valence-electron chi connectivity index (χ2n) is 10.4. The van der Waals surface area contributed by atoms with Crippen LogP contribution in [-0.2, 0) is 11.3 Å². The molecule has 11 heteroatoms. The van der Waals surface area contributed by atoms with Gasteiger partial charge in [0.2, 0.25) is 0 Å². The van der Waals surface area contributed by atoms with Gasteiger partial charge in [0.15, 0.2) is 11.0 Å². The molecule has 1 atom stereocenters. The molecule has 0 unspecified atom stereocenters. The second-order valence-corrected chi connectivity index (χ2v) is 12.3. The van der Waals surface area contributed by atoms with Gasteiger partial charge in [0.1, 0.15) is 5.82 Å². The van der Waals surface area contributed by atoms with Crippen molar-refractivity contribution in [3.05, 3.63) is 129 Å². The van der Waals surface area contributed by atoms with Crippen LogP contribution in [0.4, 0.5) is 4.39 Å². The number of halogens is 1. The third kappa shape index (κ3) is 6.48. The standard InChI is InChI=1S/C33H29FN6O2S2/c1-21-8-10-23(11-9-21)28-18-27(29-7-4-16-43-29)38-40(28)31(41)20-44-33-37-36-30(39(33)26-14-12-25(34)13-15-26)19-35-32(42)24-6-3-5-22(2)17-24/h3-17,28H,18-20H2,1-2H3,(H,35,42)/t28-/m0/s1. The first-order chi connectivity index (χ1) is 21.4. The van der Waals surface area contributed by atoms with Crippen molar-refractivity contribution in [1.29, 1.82) is 0 Å². The van der Waals surface area contributed by atoms with Gasteiger partial charge >= 0.3 is 0 Å². The van der Waals surface area contributed by atoms with Crippen LogP contribution in [0, 0.1) is 19.7 Å². The molecule has 1 aliphatic rings. The van der Waals surface area contributed by atoms with E-state index < -0.39 is 0 Å². The summed E-state index contributed by atoms with van der Waals surface area (Å²) in [6.45, 7) is 4.04. The van der Waals surface area contributed by atoms with Crippen molar-refractivity contribution >= 4 is 40.6 Å². The lowest BCUT2D eigenvalue weighted by Gasteiger charge is -2.22. The number of rotatable bonds is 9. The maximum absolute atomic E-state index is 13.8. The van der Waals surface area contributed by atoms with Crippen LogP contribution in [0.5, 0.6) is 0 Å². The van der Waals surface area contributed by atoms with E-state index in [1.54, 1.807) is 39.1 Å². The van der Waals surface area contributed by atoms with E-state index in [0.717, 1.165) is 27.3 Å². The average molecular weight is 625 g/mol. The van der Waals surface area contributed by atoms with Crippen LogP contribution < -0.4 is 5.32 Å². The van der Waals surface area contributed by atoms with Gasteiger partial charge in [-0.15, -0.1) is 21.5 Å². The number of hydrogen-bond acceptors (Lipinski definition) is 7. The fourth-order valence-electron chi connectivity index (χ4n) is 4.98. The van der Waals surface area contributed by atoms with Gasteiger partial charge in [-0.2, -0.15) is 5.10 Å². The molecule has 0 saturated carbocycles. The topological polar surface area (TPSA) is 92.5 Å². The molecule has 1 aliphatic heterocycles. The number of nitrogens with one attached hydrogen (secondary N) is 1. The molecule has 0 spiro atoms. The molecule has 6 rings (SSSR count). The molecule has 44 heavy (non-hydrogen) atoms. The molecule has 0 bridgehead atoms. The summed E-state index contributed by atoms with van der Waals surface area (Å²) < 4.78 is 15.5. The molecule has 0 radical (unpaired) electrons. The fraction of sp³-hybridized carbons (Fsp3) is 0.182. The van der Waals surface area contributed by atoms with E-state index in [9.17, 15) is 14.0 Å². The highest BCUT2D eigenvalue weighted by molar-refractivity contribution is 7.99. The Morgan fingerprint density at radius 3 is 2.50 bits per heavy atom. The third-order valence-electron chi connectivity index (χ3n) is 7.23. The summed E-state index contributed by atoms with van der Waals surface area (Å²) in [6, 6.07) is 25.2. The first kappa shape index (κ1) is 29.5. The normalized spacial score (nSPS) is 14.5. The predicted octanol–water partition coefficient (Wildman–Crippen LogP) is 6.48. The zero-order chi connectivity index (χ0) is 30.6. The quantitative estimate of drug-likeness (QED) is 0.190. The summed E-state index contributed by atoms with van der Waals surface area (Å²) in [5, 5.41) is 20.4. The number of aryl methyl sites for hydroxylation is 2. The number of benzene rings is 3. The van der Waals surface area contributed by atoms with Crippen LogP contribution in [0.1, 0.15) is 50.2 Å². The van der Waals surface area contributed by atoms with Gasteiger partial charge in [0.05, 0.1) is 28.9 Å². The maximum Gasteiger partial charge on any atom is 0.253 e. The SMILES string of the molecule is Cc1ccc([C@@H]2CC(c3cccs3)=NN2C(=O)CSc2nnc(CNC(=O)c3cccc(C)c3)n2-c2ccc(F)cc2)cc1. The number of nitrogens with zero attached hydrogens (tertiary/aromatic N) is 5. The number of carbonyl (C=O) groups excluding carboxylic acids is 2. The minimum Gasteiger partial charge on any atom is -0.345 e. The summed E-state index contributed by atoms with van der Waals surface area (Å²) >= 11 is 2.82. The zero-order valence-electron chi connectivity index (χ0n) is 24.1. The molecular formula is C33H29FN6O2S2. The van der Waals surface area contributed by atoms with Crippen LogP contribution in [0.25, 0.3) is 5.69 Å². The van der Waals surface area contributed by atoms with E-state index in [1.165, 1.54) is 23.9 Å². The van der Waals surface area contributed by atoms with E-state index in [-0.39, 0.29) is 36.0 Å². The summed E-state index contributed by atoms with van der Waals surface area (Å²) in [4.78, 5) is 27.6. The summed E-state index contributed by atoms with van der Waals surface area (Å²) in [5.41, 5.74) is 5.17. The minimum absolute atomic E-state index is 0.0541. The van der Waals surface area contributed by atoms with Crippen molar-refractivity contribution in [2.24, 2.45) is 5.10 Å². The Hall–Kier alpha value is -4.61. The Kier molecular flexibility index (Phi) is 8.67. The van der Waals surface area contributed by atoms with E-state index in [4.69, 9.17) is 5.10 Å². The van der Waals surface area contributed by atoms with Crippen molar-refractivity contribution in [2.45, 2.75) is 38.0 Å². The Bertz CT molecular complexity index is 1820. The molecule has 0 fully saturated rings. The molecule has 2 aromatic heterocycles. The minimum atomic E-state index is -0.379. The molecule has 222 valence electrons. The van der Waals surface area contributed by atoms with E-state index >= 15 is 0 Å². The number of amides is 2.